The predicted octanol–water partition coefficient (Wildman–Crippen LogP) is 1.83. The molecule has 0 aliphatic heterocycles. The van der Waals surface area contributed by atoms with E-state index >= 15 is 0 Å². The number of hydrogen-bond donors (Lipinski definition) is 3. The zero-order valence-electron chi connectivity index (χ0n) is 13.2. The Morgan fingerprint density at radius 2 is 1.64 bits per heavy atom. The molecule has 2 rings (SSSR count). The fourth-order valence-electron chi connectivity index (χ4n) is 2.15. The maximum absolute atomic E-state index is 11.9. The maximum atomic E-state index is 11.9. The molecule has 0 aromatic heterocycles. The summed E-state index contributed by atoms with van der Waals surface area (Å²) in [5, 5.41) is 14.2. The van der Waals surface area contributed by atoms with Gasteiger partial charge in [-0.1, -0.05) is 30.3 Å². The van der Waals surface area contributed by atoms with Gasteiger partial charge >= 0.3 is 5.97 Å². The van der Waals surface area contributed by atoms with Gasteiger partial charge in [-0.2, -0.15) is 0 Å². The molecule has 6 nitrogen and oxygen atoms in total. The van der Waals surface area contributed by atoms with Gasteiger partial charge in [0.15, 0.2) is 0 Å². The third-order valence-electron chi connectivity index (χ3n) is 3.43. The van der Waals surface area contributed by atoms with Gasteiger partial charge in [0, 0.05) is 15.6 Å². The van der Waals surface area contributed by atoms with Crippen LogP contribution in [-0.2, 0) is 16.0 Å². The molecule has 0 fully saturated rings. The Bertz CT molecular complexity index is 747. The summed E-state index contributed by atoms with van der Waals surface area (Å²) in [7, 11) is 0. The summed E-state index contributed by atoms with van der Waals surface area (Å²) in [5.41, 5.74) is 1.24. The number of carboxylic acids is 1. The van der Waals surface area contributed by atoms with Crippen molar-refractivity contribution in [3.63, 3.8) is 0 Å². The topological polar surface area (TPSA) is 95.5 Å². The van der Waals surface area contributed by atoms with Crippen molar-refractivity contribution < 1.29 is 19.5 Å². The van der Waals surface area contributed by atoms with E-state index in [1.807, 2.05) is 24.3 Å². The molecule has 0 saturated carbocycles. The lowest BCUT2D eigenvalue weighted by atomic mass is 10.1. The lowest BCUT2D eigenvalue weighted by Crippen LogP contribution is -2.46. The monoisotopic (exact) mass is 452 g/mol. The van der Waals surface area contributed by atoms with E-state index in [9.17, 15) is 19.5 Å². The quantitative estimate of drug-likeness (QED) is 0.559. The molecule has 0 unspecified atom stereocenters. The normalized spacial score (nSPS) is 11.4. The molecule has 0 aliphatic rings. The summed E-state index contributed by atoms with van der Waals surface area (Å²) in [4.78, 5) is 35.2. The Kier molecular flexibility index (Phi) is 6.93. The first kappa shape index (κ1) is 18.9. The average Bonchev–Trinajstić information content (AvgIpc) is 2.61. The Hall–Kier alpha value is -2.42. The van der Waals surface area contributed by atoms with Crippen LogP contribution in [0.4, 0.5) is 0 Å². The highest BCUT2D eigenvalue weighted by Crippen LogP contribution is 2.09. The number of benzene rings is 2. The second-order valence-corrected chi connectivity index (χ2v) is 6.58. The lowest BCUT2D eigenvalue weighted by molar-refractivity contribution is -0.141. The molecule has 0 bridgehead atoms. The summed E-state index contributed by atoms with van der Waals surface area (Å²) in [6.07, 6.45) is 0.171. The first-order valence-corrected chi connectivity index (χ1v) is 8.63. The summed E-state index contributed by atoms with van der Waals surface area (Å²) in [6, 6.07) is 14.8. The van der Waals surface area contributed by atoms with Crippen LogP contribution in [-0.4, -0.2) is 35.5 Å². The number of carboxylic acid groups (broad SMARTS) is 1. The van der Waals surface area contributed by atoms with Gasteiger partial charge in [-0.05, 0) is 52.4 Å². The van der Waals surface area contributed by atoms with Gasteiger partial charge in [-0.3, -0.25) is 9.59 Å². The molecule has 3 N–H and O–H groups in total. The second kappa shape index (κ2) is 9.16. The molecule has 0 heterocycles. The number of carbonyl (C=O) groups excluding carboxylic acids is 2. The Labute approximate surface area is 158 Å². The molecule has 2 aromatic carbocycles. The molecule has 2 aromatic rings. The zero-order valence-corrected chi connectivity index (χ0v) is 15.4. The van der Waals surface area contributed by atoms with Crippen molar-refractivity contribution in [2.24, 2.45) is 0 Å². The van der Waals surface area contributed by atoms with Gasteiger partial charge in [0.1, 0.15) is 6.04 Å². The number of amides is 2. The number of halogens is 1. The SMILES string of the molecule is O=C(CNC(=O)c1ccccc1)N[C@H](Cc1ccc(I)cc1)C(=O)O. The number of rotatable bonds is 7. The minimum absolute atomic E-state index is 0.171. The van der Waals surface area contributed by atoms with Crippen LogP contribution in [0, 0.1) is 3.57 Å². The molecule has 130 valence electrons. The van der Waals surface area contributed by atoms with Crippen molar-refractivity contribution in [2.75, 3.05) is 6.54 Å². The van der Waals surface area contributed by atoms with Crippen LogP contribution in [0.25, 0.3) is 0 Å². The lowest BCUT2D eigenvalue weighted by Gasteiger charge is -2.15. The van der Waals surface area contributed by atoms with Crippen molar-refractivity contribution in [1.29, 1.82) is 0 Å². The third kappa shape index (κ3) is 6.18. The summed E-state index contributed by atoms with van der Waals surface area (Å²) in [5.74, 6) is -2.07. The van der Waals surface area contributed by atoms with Crippen LogP contribution < -0.4 is 10.6 Å². The highest BCUT2D eigenvalue weighted by molar-refractivity contribution is 14.1. The number of hydrogen-bond acceptors (Lipinski definition) is 3. The summed E-state index contributed by atoms with van der Waals surface area (Å²) in [6.45, 7) is -0.288. The van der Waals surface area contributed by atoms with Crippen LogP contribution >= 0.6 is 22.6 Å². The van der Waals surface area contributed by atoms with E-state index in [0.29, 0.717) is 5.56 Å². The number of carbonyl (C=O) groups is 3. The van der Waals surface area contributed by atoms with Crippen molar-refractivity contribution in [1.82, 2.24) is 10.6 Å². The van der Waals surface area contributed by atoms with Gasteiger partial charge in [0.05, 0.1) is 6.54 Å². The highest BCUT2D eigenvalue weighted by Gasteiger charge is 2.20. The predicted molar refractivity (Wildman–Crippen MR) is 101 cm³/mol. The smallest absolute Gasteiger partial charge is 0.326 e. The van der Waals surface area contributed by atoms with Gasteiger partial charge in [-0.25, -0.2) is 4.79 Å². The average molecular weight is 452 g/mol. The van der Waals surface area contributed by atoms with Gasteiger partial charge in [0.25, 0.3) is 5.91 Å². The number of aliphatic carboxylic acids is 1. The Morgan fingerprint density at radius 3 is 2.24 bits per heavy atom. The van der Waals surface area contributed by atoms with E-state index in [1.54, 1.807) is 30.3 Å². The Morgan fingerprint density at radius 1 is 1.00 bits per heavy atom. The summed E-state index contributed by atoms with van der Waals surface area (Å²) < 4.78 is 1.04. The molecule has 1 atom stereocenters. The van der Waals surface area contributed by atoms with E-state index in [0.717, 1.165) is 9.13 Å². The first-order chi connectivity index (χ1) is 12.0. The molecule has 2 amide bonds. The van der Waals surface area contributed by atoms with Gasteiger partial charge in [-0.15, -0.1) is 0 Å². The molecule has 25 heavy (non-hydrogen) atoms. The molecule has 0 aliphatic carbocycles. The highest BCUT2D eigenvalue weighted by atomic mass is 127. The Balaban J connectivity index is 1.88. The summed E-state index contributed by atoms with van der Waals surface area (Å²) >= 11 is 2.16. The van der Waals surface area contributed by atoms with E-state index < -0.39 is 17.9 Å². The maximum Gasteiger partial charge on any atom is 0.326 e. The fraction of sp³-hybridized carbons (Fsp3) is 0.167. The van der Waals surface area contributed by atoms with Crippen molar-refractivity contribution in [3.05, 3.63) is 69.3 Å². The third-order valence-corrected chi connectivity index (χ3v) is 4.15. The van der Waals surface area contributed by atoms with Gasteiger partial charge in [0.2, 0.25) is 5.91 Å². The zero-order chi connectivity index (χ0) is 18.2. The molecule has 0 saturated heterocycles. The minimum atomic E-state index is -1.12. The number of nitrogens with one attached hydrogen (secondary N) is 2. The van der Waals surface area contributed by atoms with E-state index in [1.165, 1.54) is 0 Å². The van der Waals surface area contributed by atoms with E-state index in [2.05, 4.69) is 33.2 Å². The van der Waals surface area contributed by atoms with Crippen LogP contribution in [0.2, 0.25) is 0 Å². The molecular formula is C18H17IN2O4. The molecule has 7 heteroatoms. The van der Waals surface area contributed by atoms with Crippen LogP contribution in [0.1, 0.15) is 15.9 Å². The van der Waals surface area contributed by atoms with Gasteiger partial charge < -0.3 is 15.7 Å². The van der Waals surface area contributed by atoms with Crippen molar-refractivity contribution >= 4 is 40.4 Å². The fourth-order valence-corrected chi connectivity index (χ4v) is 2.51. The molecule has 0 spiro atoms. The largest absolute Gasteiger partial charge is 0.480 e. The first-order valence-electron chi connectivity index (χ1n) is 7.55. The van der Waals surface area contributed by atoms with Crippen molar-refractivity contribution in [2.45, 2.75) is 12.5 Å². The standard InChI is InChI=1S/C18H17IN2O4/c19-14-8-6-12(7-9-14)10-15(18(24)25)21-16(22)11-20-17(23)13-4-2-1-3-5-13/h1-9,15H,10-11H2,(H,20,23)(H,21,22)(H,24,25)/t15-/m1/s1. The van der Waals surface area contributed by atoms with Crippen molar-refractivity contribution in [3.8, 4) is 0 Å². The van der Waals surface area contributed by atoms with E-state index in [-0.39, 0.29) is 18.9 Å². The molecular weight excluding hydrogens is 435 g/mol. The van der Waals surface area contributed by atoms with Crippen LogP contribution in [0.15, 0.2) is 54.6 Å². The van der Waals surface area contributed by atoms with E-state index in [4.69, 9.17) is 0 Å². The minimum Gasteiger partial charge on any atom is -0.480 e. The van der Waals surface area contributed by atoms with Crippen LogP contribution in [0.3, 0.4) is 0 Å². The van der Waals surface area contributed by atoms with Crippen LogP contribution in [0.5, 0.6) is 0 Å². The molecule has 0 radical (unpaired) electrons. The second-order valence-electron chi connectivity index (χ2n) is 5.34.